The van der Waals surface area contributed by atoms with E-state index in [9.17, 15) is 9.65 Å². The third-order valence-electron chi connectivity index (χ3n) is 5.95. The first-order valence-electron chi connectivity index (χ1n) is 11.0. The molecular weight excluding hydrogens is 423 g/mol. The monoisotopic (exact) mass is 448 g/mol. The SMILES string of the molecule is CC(C)N1CCOc2c(C#N)cc(-c3nc(Nc4cc5n(n4)CCN(C)C5)ncc3F)cc21. The molecule has 0 saturated carbocycles. The second kappa shape index (κ2) is 8.33. The van der Waals surface area contributed by atoms with Crippen LogP contribution in [0.1, 0.15) is 25.1 Å². The van der Waals surface area contributed by atoms with E-state index >= 15 is 0 Å². The predicted octanol–water partition coefficient (Wildman–Crippen LogP) is 3.15. The van der Waals surface area contributed by atoms with E-state index in [1.54, 1.807) is 6.07 Å². The highest BCUT2D eigenvalue weighted by Crippen LogP contribution is 2.40. The van der Waals surface area contributed by atoms with Crippen molar-refractivity contribution < 1.29 is 9.13 Å². The normalized spacial score (nSPS) is 15.6. The Bertz CT molecular complexity index is 1250. The minimum absolute atomic E-state index is 0.116. The number of rotatable bonds is 4. The molecule has 10 heteroatoms. The van der Waals surface area contributed by atoms with Crippen molar-refractivity contribution in [3.63, 3.8) is 0 Å². The molecule has 0 spiro atoms. The zero-order chi connectivity index (χ0) is 23.1. The van der Waals surface area contributed by atoms with Crippen LogP contribution >= 0.6 is 0 Å². The molecule has 0 fully saturated rings. The molecule has 2 aliphatic heterocycles. The molecule has 0 unspecified atom stereocenters. The van der Waals surface area contributed by atoms with E-state index in [2.05, 4.69) is 57.1 Å². The van der Waals surface area contributed by atoms with Crippen LogP contribution in [0.25, 0.3) is 11.3 Å². The van der Waals surface area contributed by atoms with E-state index in [1.165, 1.54) is 0 Å². The number of nitriles is 1. The fourth-order valence-corrected chi connectivity index (χ4v) is 4.30. The van der Waals surface area contributed by atoms with Crippen molar-refractivity contribution in [3.05, 3.63) is 41.5 Å². The molecule has 0 atom stereocenters. The lowest BCUT2D eigenvalue weighted by Crippen LogP contribution is -2.38. The number of anilines is 3. The molecule has 0 amide bonds. The molecule has 4 heterocycles. The number of aromatic nitrogens is 4. The van der Waals surface area contributed by atoms with Crippen molar-refractivity contribution in [2.75, 3.05) is 37.0 Å². The highest BCUT2D eigenvalue weighted by Gasteiger charge is 2.25. The van der Waals surface area contributed by atoms with E-state index < -0.39 is 5.82 Å². The Balaban J connectivity index is 1.51. The minimum Gasteiger partial charge on any atom is -0.488 e. The second-order valence-corrected chi connectivity index (χ2v) is 8.62. The molecule has 33 heavy (non-hydrogen) atoms. The predicted molar refractivity (Wildman–Crippen MR) is 122 cm³/mol. The third kappa shape index (κ3) is 3.96. The molecule has 170 valence electrons. The summed E-state index contributed by atoms with van der Waals surface area (Å²) in [6, 6.07) is 7.78. The van der Waals surface area contributed by atoms with Crippen LogP contribution in [0.4, 0.5) is 21.8 Å². The molecule has 0 bridgehead atoms. The number of hydrogen-bond donors (Lipinski definition) is 1. The number of fused-ring (bicyclic) bond motifs is 2. The van der Waals surface area contributed by atoms with Gasteiger partial charge in [-0.15, -0.1) is 0 Å². The van der Waals surface area contributed by atoms with Crippen LogP contribution in [0, 0.1) is 17.1 Å². The van der Waals surface area contributed by atoms with Gasteiger partial charge in [0, 0.05) is 30.8 Å². The van der Waals surface area contributed by atoms with Gasteiger partial charge in [0.25, 0.3) is 0 Å². The van der Waals surface area contributed by atoms with Crippen molar-refractivity contribution in [2.24, 2.45) is 0 Å². The fraction of sp³-hybridized carbons (Fsp3) is 0.391. The summed E-state index contributed by atoms with van der Waals surface area (Å²) in [5.74, 6) is 0.814. The van der Waals surface area contributed by atoms with Gasteiger partial charge in [-0.05, 0) is 33.0 Å². The van der Waals surface area contributed by atoms with E-state index in [0.717, 1.165) is 37.2 Å². The highest BCUT2D eigenvalue weighted by molar-refractivity contribution is 5.76. The lowest BCUT2D eigenvalue weighted by atomic mass is 10.0. The smallest absolute Gasteiger partial charge is 0.229 e. The Hall–Kier alpha value is -3.71. The van der Waals surface area contributed by atoms with Gasteiger partial charge in [0.15, 0.2) is 17.4 Å². The molecule has 1 N–H and O–H groups in total. The first-order valence-corrected chi connectivity index (χ1v) is 11.0. The van der Waals surface area contributed by atoms with Crippen LogP contribution in [0.15, 0.2) is 24.4 Å². The maximum Gasteiger partial charge on any atom is 0.229 e. The maximum absolute atomic E-state index is 14.8. The Morgan fingerprint density at radius 2 is 2.06 bits per heavy atom. The van der Waals surface area contributed by atoms with Gasteiger partial charge >= 0.3 is 0 Å². The van der Waals surface area contributed by atoms with Gasteiger partial charge in [-0.1, -0.05) is 0 Å². The standard InChI is InChI=1S/C23H25FN8O/c1-14(2)31-6-7-33-22-16(11-25)8-15(9-19(22)31)21-18(24)12-26-23(28-21)27-20-10-17-13-30(3)4-5-32(17)29-20/h8-10,12,14H,4-7,13H2,1-3H3,(H,26,27,28,29). The number of hydrogen-bond acceptors (Lipinski definition) is 8. The zero-order valence-electron chi connectivity index (χ0n) is 18.8. The molecular formula is C23H25FN8O. The molecule has 5 rings (SSSR count). The van der Waals surface area contributed by atoms with E-state index in [4.69, 9.17) is 4.74 Å². The van der Waals surface area contributed by atoms with Crippen molar-refractivity contribution in [3.8, 4) is 23.1 Å². The van der Waals surface area contributed by atoms with Crippen molar-refractivity contribution in [1.29, 1.82) is 5.26 Å². The summed E-state index contributed by atoms with van der Waals surface area (Å²) in [6.45, 7) is 7.89. The second-order valence-electron chi connectivity index (χ2n) is 8.62. The van der Waals surface area contributed by atoms with Crippen LogP contribution < -0.4 is 15.0 Å². The van der Waals surface area contributed by atoms with Gasteiger partial charge in [0.05, 0.1) is 36.2 Å². The Kier molecular flexibility index (Phi) is 5.34. The number of nitrogens with zero attached hydrogens (tertiary/aromatic N) is 7. The Morgan fingerprint density at radius 1 is 1.21 bits per heavy atom. The molecule has 0 radical (unpaired) electrons. The van der Waals surface area contributed by atoms with Gasteiger partial charge in [-0.3, -0.25) is 9.58 Å². The fourth-order valence-electron chi connectivity index (χ4n) is 4.30. The van der Waals surface area contributed by atoms with E-state index in [0.29, 0.717) is 35.8 Å². The number of ether oxygens (including phenoxy) is 1. The Labute approximate surface area is 191 Å². The first kappa shape index (κ1) is 21.2. The van der Waals surface area contributed by atoms with Crippen LogP contribution in [-0.4, -0.2) is 57.4 Å². The number of nitrogens with one attached hydrogen (secondary N) is 1. The first-order chi connectivity index (χ1) is 15.9. The van der Waals surface area contributed by atoms with Crippen LogP contribution in [-0.2, 0) is 13.1 Å². The lowest BCUT2D eigenvalue weighted by molar-refractivity contribution is 0.259. The summed E-state index contributed by atoms with van der Waals surface area (Å²) in [5.41, 5.74) is 2.82. The summed E-state index contributed by atoms with van der Waals surface area (Å²) in [4.78, 5) is 12.9. The molecule has 1 aromatic carbocycles. The largest absolute Gasteiger partial charge is 0.488 e. The maximum atomic E-state index is 14.8. The molecule has 2 aliphatic rings. The average Bonchev–Trinajstić information content (AvgIpc) is 3.20. The number of likely N-dealkylation sites (N-methyl/N-ethyl adjacent to an activating group) is 1. The molecule has 9 nitrogen and oxygen atoms in total. The van der Waals surface area contributed by atoms with Gasteiger partial charge in [0.1, 0.15) is 18.4 Å². The minimum atomic E-state index is -0.567. The topological polar surface area (TPSA) is 95.1 Å². The Morgan fingerprint density at radius 3 is 2.85 bits per heavy atom. The lowest BCUT2D eigenvalue weighted by Gasteiger charge is -2.35. The summed E-state index contributed by atoms with van der Waals surface area (Å²) < 4.78 is 22.6. The summed E-state index contributed by atoms with van der Waals surface area (Å²) >= 11 is 0. The summed E-state index contributed by atoms with van der Waals surface area (Å²) in [6.07, 6.45) is 1.14. The van der Waals surface area contributed by atoms with Crippen molar-refractivity contribution in [1.82, 2.24) is 24.6 Å². The zero-order valence-corrected chi connectivity index (χ0v) is 18.8. The van der Waals surface area contributed by atoms with E-state index in [-0.39, 0.29) is 17.7 Å². The quantitative estimate of drug-likeness (QED) is 0.651. The highest BCUT2D eigenvalue weighted by atomic mass is 19.1. The van der Waals surface area contributed by atoms with Crippen LogP contribution in [0.5, 0.6) is 5.75 Å². The summed E-state index contributed by atoms with van der Waals surface area (Å²) in [7, 11) is 2.07. The number of benzene rings is 1. The molecule has 2 aromatic heterocycles. The molecule has 3 aromatic rings. The van der Waals surface area contributed by atoms with Gasteiger partial charge in [-0.2, -0.15) is 10.4 Å². The van der Waals surface area contributed by atoms with E-state index in [1.807, 2.05) is 16.8 Å². The summed E-state index contributed by atoms with van der Waals surface area (Å²) in [5, 5.41) is 17.4. The number of halogens is 1. The van der Waals surface area contributed by atoms with Crippen molar-refractivity contribution >= 4 is 17.5 Å². The van der Waals surface area contributed by atoms with Gasteiger partial charge in [0.2, 0.25) is 5.95 Å². The van der Waals surface area contributed by atoms with Crippen molar-refractivity contribution in [2.45, 2.75) is 33.0 Å². The van der Waals surface area contributed by atoms with Crippen LogP contribution in [0.3, 0.4) is 0 Å². The molecule has 0 aliphatic carbocycles. The average molecular weight is 449 g/mol. The molecule has 0 saturated heterocycles. The van der Waals surface area contributed by atoms with Crippen LogP contribution in [0.2, 0.25) is 0 Å². The van der Waals surface area contributed by atoms with Gasteiger partial charge in [-0.25, -0.2) is 14.4 Å². The third-order valence-corrected chi connectivity index (χ3v) is 5.95. The van der Waals surface area contributed by atoms with Gasteiger partial charge < -0.3 is 15.0 Å².